The third kappa shape index (κ3) is 4.22. The van der Waals surface area contributed by atoms with Gasteiger partial charge in [0.1, 0.15) is 5.54 Å². The Morgan fingerprint density at radius 2 is 1.74 bits per heavy atom. The van der Waals surface area contributed by atoms with Gasteiger partial charge in [-0.3, -0.25) is 14.5 Å². The highest BCUT2D eigenvalue weighted by molar-refractivity contribution is 6.14. The number of rotatable bonds is 5. The second-order valence-electron chi connectivity index (χ2n) is 8.53. The number of hydrogen-bond donors (Lipinski definition) is 1. The number of para-hydroxylation sites is 3. The van der Waals surface area contributed by atoms with Gasteiger partial charge in [-0.05, 0) is 58.0 Å². The van der Waals surface area contributed by atoms with E-state index >= 15 is 0 Å². The van der Waals surface area contributed by atoms with Gasteiger partial charge >= 0.3 is 5.97 Å². The Hall–Kier alpha value is -4.20. The molecule has 4 rings (SSSR count). The number of benzene rings is 2. The molecule has 0 bridgehead atoms. The van der Waals surface area contributed by atoms with Crippen molar-refractivity contribution in [1.29, 1.82) is 0 Å². The highest BCUT2D eigenvalue weighted by atomic mass is 16.5. The lowest BCUT2D eigenvalue weighted by atomic mass is 9.96. The van der Waals surface area contributed by atoms with Crippen molar-refractivity contribution in [2.75, 3.05) is 16.8 Å². The van der Waals surface area contributed by atoms with E-state index in [1.54, 1.807) is 44.2 Å². The normalized spacial score (nSPS) is 14.6. The molecular formula is C26H26N4O4. The van der Waals surface area contributed by atoms with Crippen molar-refractivity contribution in [3.05, 3.63) is 77.6 Å². The van der Waals surface area contributed by atoms with Crippen LogP contribution >= 0.6 is 0 Å². The summed E-state index contributed by atoms with van der Waals surface area (Å²) in [5.41, 5.74) is 3.32. The number of amides is 2. The topological polar surface area (TPSA) is 93.5 Å². The molecular weight excluding hydrogens is 432 g/mol. The molecule has 0 radical (unpaired) electrons. The Bertz CT molecular complexity index is 1290. The molecule has 1 aliphatic heterocycles. The smallest absolute Gasteiger partial charge is 0.331 e. The number of nitrogens with zero attached hydrogens (tertiary/aromatic N) is 3. The van der Waals surface area contributed by atoms with E-state index in [0.717, 1.165) is 22.6 Å². The number of aromatic nitrogens is 2. The van der Waals surface area contributed by atoms with Gasteiger partial charge in [-0.1, -0.05) is 30.3 Å². The Kier molecular flexibility index (Phi) is 6.06. The van der Waals surface area contributed by atoms with E-state index in [1.807, 2.05) is 48.9 Å². The van der Waals surface area contributed by atoms with Gasteiger partial charge in [-0.15, -0.1) is 0 Å². The number of aryl methyl sites for hydroxylation is 1. The number of carbonyl (C=O) groups is 3. The van der Waals surface area contributed by atoms with Crippen LogP contribution in [-0.4, -0.2) is 39.7 Å². The monoisotopic (exact) mass is 458 g/mol. The minimum absolute atomic E-state index is 0.313. The summed E-state index contributed by atoms with van der Waals surface area (Å²) in [5.74, 6) is -1.46. The summed E-state index contributed by atoms with van der Waals surface area (Å²) in [6.07, 6.45) is 2.92. The first-order valence-electron chi connectivity index (χ1n) is 10.9. The first-order valence-corrected chi connectivity index (χ1v) is 10.9. The molecule has 1 N–H and O–H groups in total. The minimum atomic E-state index is -1.13. The highest BCUT2D eigenvalue weighted by Crippen LogP contribution is 2.36. The molecule has 1 aliphatic rings. The van der Waals surface area contributed by atoms with Crippen LogP contribution in [0.25, 0.3) is 11.8 Å². The largest absolute Gasteiger partial charge is 0.452 e. The van der Waals surface area contributed by atoms with Crippen LogP contribution in [-0.2, 0) is 19.1 Å². The van der Waals surface area contributed by atoms with Crippen LogP contribution in [0.4, 0.5) is 11.4 Å². The fourth-order valence-corrected chi connectivity index (χ4v) is 4.01. The van der Waals surface area contributed by atoms with Crippen LogP contribution < -0.4 is 10.2 Å². The van der Waals surface area contributed by atoms with Crippen LogP contribution in [0.2, 0.25) is 0 Å². The summed E-state index contributed by atoms with van der Waals surface area (Å²) in [6, 6.07) is 16.7. The number of carbonyl (C=O) groups excluding carboxylic acids is 3. The van der Waals surface area contributed by atoms with Crippen LogP contribution in [0.1, 0.15) is 30.8 Å². The zero-order chi connectivity index (χ0) is 24.5. The standard InChI is InChI=1S/C26H26N4O4/c1-17-20(18(2)30(28-17)19-10-6-5-7-11-19)14-15-24(32)34-16-23(31)29-22-13-9-8-12-21(22)27-25(33)26(29,3)4/h5-15H,16H2,1-4H3,(H,27,33)/b15-14+. The Morgan fingerprint density at radius 1 is 1.06 bits per heavy atom. The Balaban J connectivity index is 1.46. The lowest BCUT2D eigenvalue weighted by molar-refractivity contribution is -0.143. The van der Waals surface area contributed by atoms with Gasteiger partial charge in [-0.25, -0.2) is 9.48 Å². The fraction of sp³-hybridized carbons (Fsp3) is 0.231. The maximum atomic E-state index is 13.0. The molecule has 0 saturated heterocycles. The van der Waals surface area contributed by atoms with Gasteiger partial charge < -0.3 is 10.1 Å². The molecule has 2 heterocycles. The molecule has 2 amide bonds. The molecule has 1 aromatic heterocycles. The van der Waals surface area contributed by atoms with E-state index in [9.17, 15) is 14.4 Å². The second kappa shape index (κ2) is 8.97. The van der Waals surface area contributed by atoms with Crippen LogP contribution in [0, 0.1) is 13.8 Å². The SMILES string of the molecule is Cc1nn(-c2ccccc2)c(C)c1/C=C/C(=O)OCC(=O)N1c2ccccc2NC(=O)C1(C)C. The van der Waals surface area contributed by atoms with Gasteiger partial charge in [0.2, 0.25) is 5.91 Å². The molecule has 0 fully saturated rings. The predicted octanol–water partition coefficient (Wildman–Crippen LogP) is 3.81. The third-order valence-corrected chi connectivity index (χ3v) is 5.83. The van der Waals surface area contributed by atoms with Gasteiger partial charge in [0, 0.05) is 17.3 Å². The molecule has 8 heteroatoms. The number of esters is 1. The summed E-state index contributed by atoms with van der Waals surface area (Å²) in [6.45, 7) is 6.58. The van der Waals surface area contributed by atoms with Crippen molar-refractivity contribution in [2.45, 2.75) is 33.2 Å². The maximum absolute atomic E-state index is 13.0. The quantitative estimate of drug-likeness (QED) is 0.464. The molecule has 0 spiro atoms. The van der Waals surface area contributed by atoms with Crippen molar-refractivity contribution in [3.8, 4) is 5.69 Å². The molecule has 2 aromatic carbocycles. The van der Waals surface area contributed by atoms with E-state index in [4.69, 9.17) is 4.74 Å². The molecule has 8 nitrogen and oxygen atoms in total. The first-order chi connectivity index (χ1) is 16.2. The summed E-state index contributed by atoms with van der Waals surface area (Å²) in [4.78, 5) is 39.3. The summed E-state index contributed by atoms with van der Waals surface area (Å²) in [7, 11) is 0. The van der Waals surface area contributed by atoms with Crippen molar-refractivity contribution in [1.82, 2.24) is 9.78 Å². The third-order valence-electron chi connectivity index (χ3n) is 5.83. The number of nitrogens with one attached hydrogen (secondary N) is 1. The lowest BCUT2D eigenvalue weighted by Crippen LogP contribution is -2.59. The minimum Gasteiger partial charge on any atom is -0.452 e. The zero-order valence-electron chi connectivity index (χ0n) is 19.5. The molecule has 34 heavy (non-hydrogen) atoms. The molecule has 0 atom stereocenters. The molecule has 0 saturated carbocycles. The van der Waals surface area contributed by atoms with E-state index in [2.05, 4.69) is 10.4 Å². The molecule has 174 valence electrons. The first kappa shape index (κ1) is 23.0. The highest BCUT2D eigenvalue weighted by Gasteiger charge is 2.43. The maximum Gasteiger partial charge on any atom is 0.331 e. The van der Waals surface area contributed by atoms with Crippen LogP contribution in [0.3, 0.4) is 0 Å². The van der Waals surface area contributed by atoms with Gasteiger partial charge in [0.15, 0.2) is 6.61 Å². The lowest BCUT2D eigenvalue weighted by Gasteiger charge is -2.41. The Labute approximate surface area is 197 Å². The summed E-state index contributed by atoms with van der Waals surface area (Å²) in [5, 5.41) is 7.36. The van der Waals surface area contributed by atoms with Crippen molar-refractivity contribution in [2.24, 2.45) is 0 Å². The van der Waals surface area contributed by atoms with E-state index < -0.39 is 24.0 Å². The van der Waals surface area contributed by atoms with E-state index in [0.29, 0.717) is 11.4 Å². The van der Waals surface area contributed by atoms with Gasteiger partial charge in [0.05, 0.1) is 22.8 Å². The van der Waals surface area contributed by atoms with Crippen molar-refractivity contribution in [3.63, 3.8) is 0 Å². The summed E-state index contributed by atoms with van der Waals surface area (Å²) < 4.78 is 7.03. The molecule has 0 unspecified atom stereocenters. The second-order valence-corrected chi connectivity index (χ2v) is 8.53. The zero-order valence-corrected chi connectivity index (χ0v) is 19.5. The number of anilines is 2. The number of hydrogen-bond acceptors (Lipinski definition) is 5. The van der Waals surface area contributed by atoms with Crippen LogP contribution in [0.5, 0.6) is 0 Å². The van der Waals surface area contributed by atoms with Gasteiger partial charge in [-0.2, -0.15) is 5.10 Å². The van der Waals surface area contributed by atoms with Crippen molar-refractivity contribution >= 4 is 35.2 Å². The van der Waals surface area contributed by atoms with E-state index in [1.165, 1.54) is 11.0 Å². The van der Waals surface area contributed by atoms with Crippen LogP contribution in [0.15, 0.2) is 60.7 Å². The fourth-order valence-electron chi connectivity index (χ4n) is 4.01. The molecule has 0 aliphatic carbocycles. The molecule has 3 aromatic rings. The predicted molar refractivity (Wildman–Crippen MR) is 130 cm³/mol. The summed E-state index contributed by atoms with van der Waals surface area (Å²) >= 11 is 0. The Morgan fingerprint density at radius 3 is 2.47 bits per heavy atom. The van der Waals surface area contributed by atoms with Crippen molar-refractivity contribution < 1.29 is 19.1 Å². The van der Waals surface area contributed by atoms with Gasteiger partial charge in [0.25, 0.3) is 5.91 Å². The average Bonchev–Trinajstić information content (AvgIpc) is 3.10. The average molecular weight is 459 g/mol. The number of ether oxygens (including phenoxy) is 1. The van der Waals surface area contributed by atoms with E-state index in [-0.39, 0.29) is 5.91 Å². The number of fused-ring (bicyclic) bond motifs is 1.